The van der Waals surface area contributed by atoms with Crippen molar-refractivity contribution in [2.24, 2.45) is 5.73 Å². The molecular formula is C16H20ClN3O. The van der Waals surface area contributed by atoms with Crippen LogP contribution in [0.5, 0.6) is 0 Å². The molecule has 1 fully saturated rings. The lowest BCUT2D eigenvalue weighted by Gasteiger charge is -2.36. The predicted molar refractivity (Wildman–Crippen MR) is 85.5 cm³/mol. The van der Waals surface area contributed by atoms with Gasteiger partial charge in [-0.1, -0.05) is 11.6 Å². The van der Waals surface area contributed by atoms with Crippen LogP contribution in [-0.4, -0.2) is 31.1 Å². The maximum Gasteiger partial charge on any atom is 0.121 e. The number of halogens is 1. The maximum absolute atomic E-state index is 5.94. The molecule has 0 aliphatic carbocycles. The van der Waals surface area contributed by atoms with E-state index in [1.54, 1.807) is 6.26 Å². The maximum atomic E-state index is 5.94. The first-order chi connectivity index (χ1) is 10.3. The van der Waals surface area contributed by atoms with E-state index in [1.807, 2.05) is 18.2 Å². The van der Waals surface area contributed by atoms with Crippen LogP contribution in [-0.2, 0) is 13.1 Å². The fourth-order valence-corrected chi connectivity index (χ4v) is 2.87. The highest BCUT2D eigenvalue weighted by molar-refractivity contribution is 6.30. The van der Waals surface area contributed by atoms with Crippen molar-refractivity contribution in [2.75, 3.05) is 31.1 Å². The van der Waals surface area contributed by atoms with Gasteiger partial charge in [0.1, 0.15) is 5.76 Å². The van der Waals surface area contributed by atoms with Gasteiger partial charge in [0.2, 0.25) is 0 Å². The number of hydrogen-bond donors (Lipinski definition) is 1. The Labute approximate surface area is 130 Å². The van der Waals surface area contributed by atoms with Crippen LogP contribution in [0.3, 0.4) is 0 Å². The second kappa shape index (κ2) is 6.52. The summed E-state index contributed by atoms with van der Waals surface area (Å²) in [7, 11) is 0. The molecule has 21 heavy (non-hydrogen) atoms. The molecular weight excluding hydrogens is 286 g/mol. The minimum absolute atomic E-state index is 0.465. The lowest BCUT2D eigenvalue weighted by Crippen LogP contribution is -2.46. The second-order valence-corrected chi connectivity index (χ2v) is 5.75. The van der Waals surface area contributed by atoms with E-state index in [2.05, 4.69) is 21.9 Å². The van der Waals surface area contributed by atoms with Crippen LogP contribution >= 0.6 is 11.6 Å². The van der Waals surface area contributed by atoms with Crippen LogP contribution in [0, 0.1) is 0 Å². The molecule has 3 rings (SSSR count). The molecule has 1 saturated heterocycles. The predicted octanol–water partition coefficient (Wildman–Crippen LogP) is 2.71. The summed E-state index contributed by atoms with van der Waals surface area (Å²) in [6.07, 6.45) is 1.72. The van der Waals surface area contributed by atoms with Crippen molar-refractivity contribution in [3.63, 3.8) is 0 Å². The first kappa shape index (κ1) is 14.4. The van der Waals surface area contributed by atoms with Gasteiger partial charge in [-0.2, -0.15) is 0 Å². The second-order valence-electron chi connectivity index (χ2n) is 5.31. The van der Waals surface area contributed by atoms with Crippen molar-refractivity contribution in [3.05, 3.63) is 52.9 Å². The molecule has 0 unspecified atom stereocenters. The molecule has 0 radical (unpaired) electrons. The number of nitrogens with zero attached hydrogens (tertiary/aromatic N) is 2. The summed E-state index contributed by atoms with van der Waals surface area (Å²) in [6.45, 7) is 5.51. The molecule has 0 saturated carbocycles. The Bertz CT molecular complexity index is 573. The first-order valence-electron chi connectivity index (χ1n) is 7.24. The Hall–Kier alpha value is -1.49. The van der Waals surface area contributed by atoms with E-state index in [-0.39, 0.29) is 0 Å². The van der Waals surface area contributed by atoms with Gasteiger partial charge < -0.3 is 15.1 Å². The Kier molecular flexibility index (Phi) is 4.48. The number of rotatable bonds is 4. The van der Waals surface area contributed by atoms with E-state index >= 15 is 0 Å². The third kappa shape index (κ3) is 3.40. The zero-order valence-corrected chi connectivity index (χ0v) is 12.7. The minimum atomic E-state index is 0.465. The molecule has 1 aliphatic rings. The SMILES string of the molecule is NCc1occc1CN1CCN(c2ccc(Cl)cc2)CC1. The average Bonchev–Trinajstić information content (AvgIpc) is 2.96. The van der Waals surface area contributed by atoms with E-state index in [0.29, 0.717) is 6.54 Å². The Morgan fingerprint density at radius 2 is 1.76 bits per heavy atom. The summed E-state index contributed by atoms with van der Waals surface area (Å²) in [5.41, 5.74) is 8.13. The third-order valence-electron chi connectivity index (χ3n) is 3.98. The van der Waals surface area contributed by atoms with Crippen molar-refractivity contribution in [1.82, 2.24) is 4.90 Å². The molecule has 4 nitrogen and oxygen atoms in total. The zero-order chi connectivity index (χ0) is 14.7. The molecule has 2 N–H and O–H groups in total. The Morgan fingerprint density at radius 1 is 1.05 bits per heavy atom. The van der Waals surface area contributed by atoms with Gasteiger partial charge in [0.15, 0.2) is 0 Å². The molecule has 2 aromatic rings. The van der Waals surface area contributed by atoms with Crippen LogP contribution in [0.15, 0.2) is 41.0 Å². The first-order valence-corrected chi connectivity index (χ1v) is 7.62. The van der Waals surface area contributed by atoms with Crippen molar-refractivity contribution < 1.29 is 4.42 Å². The third-order valence-corrected chi connectivity index (χ3v) is 4.23. The van der Waals surface area contributed by atoms with Crippen molar-refractivity contribution >= 4 is 17.3 Å². The Balaban J connectivity index is 1.56. The molecule has 5 heteroatoms. The molecule has 1 aromatic carbocycles. The van der Waals surface area contributed by atoms with Crippen LogP contribution in [0.1, 0.15) is 11.3 Å². The summed E-state index contributed by atoms with van der Waals surface area (Å²) >= 11 is 5.94. The van der Waals surface area contributed by atoms with Gasteiger partial charge in [0.05, 0.1) is 12.8 Å². The molecule has 0 amide bonds. The minimum Gasteiger partial charge on any atom is -0.468 e. The topological polar surface area (TPSA) is 45.6 Å². The highest BCUT2D eigenvalue weighted by Crippen LogP contribution is 2.20. The quantitative estimate of drug-likeness (QED) is 0.943. The number of hydrogen-bond acceptors (Lipinski definition) is 4. The van der Waals surface area contributed by atoms with E-state index in [0.717, 1.165) is 43.5 Å². The fraction of sp³-hybridized carbons (Fsp3) is 0.375. The van der Waals surface area contributed by atoms with Crippen molar-refractivity contribution in [2.45, 2.75) is 13.1 Å². The van der Waals surface area contributed by atoms with Crippen LogP contribution in [0.25, 0.3) is 0 Å². The van der Waals surface area contributed by atoms with Crippen LogP contribution < -0.4 is 10.6 Å². The lowest BCUT2D eigenvalue weighted by molar-refractivity contribution is 0.248. The smallest absolute Gasteiger partial charge is 0.121 e. The number of nitrogens with two attached hydrogens (primary N) is 1. The molecule has 0 bridgehead atoms. The van der Waals surface area contributed by atoms with Crippen LogP contribution in [0.4, 0.5) is 5.69 Å². The molecule has 1 aromatic heterocycles. The summed E-state index contributed by atoms with van der Waals surface area (Å²) < 4.78 is 5.38. The summed E-state index contributed by atoms with van der Waals surface area (Å²) in [5.74, 6) is 0.898. The monoisotopic (exact) mass is 305 g/mol. The van der Waals surface area contributed by atoms with E-state index in [4.69, 9.17) is 21.8 Å². The molecule has 2 heterocycles. The van der Waals surface area contributed by atoms with Gasteiger partial charge in [-0.25, -0.2) is 0 Å². The number of benzene rings is 1. The molecule has 0 spiro atoms. The summed E-state index contributed by atoms with van der Waals surface area (Å²) in [4.78, 5) is 4.84. The van der Waals surface area contributed by atoms with Crippen molar-refractivity contribution in [1.29, 1.82) is 0 Å². The number of piperazine rings is 1. The van der Waals surface area contributed by atoms with E-state index in [1.165, 1.54) is 11.3 Å². The van der Waals surface area contributed by atoms with Gasteiger partial charge in [0.25, 0.3) is 0 Å². The highest BCUT2D eigenvalue weighted by atomic mass is 35.5. The van der Waals surface area contributed by atoms with Gasteiger partial charge in [-0.15, -0.1) is 0 Å². The normalized spacial score (nSPS) is 16.4. The Morgan fingerprint density at radius 3 is 2.43 bits per heavy atom. The largest absolute Gasteiger partial charge is 0.468 e. The van der Waals surface area contributed by atoms with Gasteiger partial charge in [-0.05, 0) is 30.3 Å². The lowest BCUT2D eigenvalue weighted by atomic mass is 10.2. The summed E-state index contributed by atoms with van der Waals surface area (Å²) in [6, 6.07) is 10.1. The van der Waals surface area contributed by atoms with E-state index < -0.39 is 0 Å². The van der Waals surface area contributed by atoms with Gasteiger partial charge >= 0.3 is 0 Å². The molecule has 0 atom stereocenters. The number of furan rings is 1. The van der Waals surface area contributed by atoms with Crippen molar-refractivity contribution in [3.8, 4) is 0 Å². The highest BCUT2D eigenvalue weighted by Gasteiger charge is 2.18. The summed E-state index contributed by atoms with van der Waals surface area (Å²) in [5, 5.41) is 0.784. The number of anilines is 1. The zero-order valence-electron chi connectivity index (χ0n) is 12.0. The van der Waals surface area contributed by atoms with Gasteiger partial charge in [0, 0.05) is 49.0 Å². The molecule has 112 valence electrons. The molecule has 1 aliphatic heterocycles. The fourth-order valence-electron chi connectivity index (χ4n) is 2.74. The standard InChI is InChI=1S/C16H20ClN3O/c17-14-1-3-15(4-2-14)20-8-6-19(7-9-20)12-13-5-10-21-16(13)11-18/h1-5,10H,6-9,11-12,18H2. The van der Waals surface area contributed by atoms with E-state index in [9.17, 15) is 0 Å². The average molecular weight is 306 g/mol. The van der Waals surface area contributed by atoms with Gasteiger partial charge in [-0.3, -0.25) is 4.90 Å². The van der Waals surface area contributed by atoms with Crippen LogP contribution in [0.2, 0.25) is 5.02 Å².